The highest BCUT2D eigenvalue weighted by atomic mass is 16.5. The van der Waals surface area contributed by atoms with Crippen LogP contribution < -0.4 is 11.1 Å². The van der Waals surface area contributed by atoms with E-state index in [9.17, 15) is 4.79 Å². The van der Waals surface area contributed by atoms with Gasteiger partial charge in [-0.15, -0.1) is 0 Å². The molecule has 0 saturated heterocycles. The highest BCUT2D eigenvalue weighted by Crippen LogP contribution is 2.32. The zero-order valence-corrected chi connectivity index (χ0v) is 20.8. The number of methoxy groups -OCH3 is 1. The van der Waals surface area contributed by atoms with Crippen molar-refractivity contribution in [3.63, 3.8) is 0 Å². The molecule has 0 unspecified atom stereocenters. The van der Waals surface area contributed by atoms with E-state index in [1.807, 2.05) is 36.4 Å². The second-order valence-corrected chi connectivity index (χ2v) is 8.83. The summed E-state index contributed by atoms with van der Waals surface area (Å²) in [6.07, 6.45) is 10.5. The van der Waals surface area contributed by atoms with E-state index in [2.05, 4.69) is 64.4 Å². The first-order chi connectivity index (χ1) is 17.4. The Balaban J connectivity index is 0.000000709. The van der Waals surface area contributed by atoms with Gasteiger partial charge in [0.15, 0.2) is 0 Å². The minimum Gasteiger partial charge on any atom is -0.450 e. The molecule has 0 fully saturated rings. The molecule has 0 radical (unpaired) electrons. The van der Waals surface area contributed by atoms with Gasteiger partial charge in [-0.25, -0.2) is 4.98 Å². The predicted molar refractivity (Wildman–Crippen MR) is 146 cm³/mol. The average molecular weight is 479 g/mol. The van der Waals surface area contributed by atoms with E-state index in [1.54, 1.807) is 0 Å². The molecule has 0 saturated carbocycles. The average Bonchev–Trinajstić information content (AvgIpc) is 3.41. The van der Waals surface area contributed by atoms with Crippen LogP contribution in [0.15, 0.2) is 66.7 Å². The van der Waals surface area contributed by atoms with Gasteiger partial charge < -0.3 is 20.4 Å². The quantitative estimate of drug-likeness (QED) is 0.300. The Morgan fingerprint density at radius 3 is 2.61 bits per heavy atom. The molecule has 182 valence electrons. The number of nitrogen functional groups attached to an aromatic ring is 1. The molecular formula is C30H30N4O2. The van der Waals surface area contributed by atoms with E-state index < -0.39 is 0 Å². The minimum atomic E-state index is -0.0889. The van der Waals surface area contributed by atoms with Crippen LogP contribution in [0, 0.1) is 19.5 Å². The number of hydrogen-bond acceptors (Lipinski definition) is 4. The number of rotatable bonds is 5. The second kappa shape index (κ2) is 10.8. The van der Waals surface area contributed by atoms with Crippen molar-refractivity contribution in [2.45, 2.75) is 33.2 Å². The third kappa shape index (κ3) is 5.59. The first-order valence-electron chi connectivity index (χ1n) is 11.8. The number of fused-ring (bicyclic) bond motifs is 2. The molecule has 0 bridgehead atoms. The third-order valence-corrected chi connectivity index (χ3v) is 6.12. The molecule has 1 aliphatic rings. The van der Waals surface area contributed by atoms with Crippen molar-refractivity contribution >= 4 is 33.9 Å². The Hall–Kier alpha value is -4.50. The first-order valence-corrected chi connectivity index (χ1v) is 11.8. The summed E-state index contributed by atoms with van der Waals surface area (Å²) in [4.78, 5) is 16.5. The Morgan fingerprint density at radius 2 is 1.92 bits per heavy atom. The van der Waals surface area contributed by atoms with Gasteiger partial charge >= 0.3 is 0 Å². The number of nitrogens with zero attached hydrogens (tertiary/aromatic N) is 2. The van der Waals surface area contributed by atoms with Gasteiger partial charge in [-0.05, 0) is 65.9 Å². The fourth-order valence-electron chi connectivity index (χ4n) is 4.42. The van der Waals surface area contributed by atoms with Crippen LogP contribution in [0.1, 0.15) is 35.0 Å². The number of allylic oxidation sites excluding steroid dienone is 2. The fourth-order valence-corrected chi connectivity index (χ4v) is 4.42. The Kier molecular flexibility index (Phi) is 7.41. The highest BCUT2D eigenvalue weighted by molar-refractivity contribution is 5.91. The number of imidazole rings is 1. The summed E-state index contributed by atoms with van der Waals surface area (Å²) in [7, 11) is 1.44. The third-order valence-electron chi connectivity index (χ3n) is 6.12. The van der Waals surface area contributed by atoms with Crippen molar-refractivity contribution in [1.29, 1.82) is 0 Å². The summed E-state index contributed by atoms with van der Waals surface area (Å²) in [5.41, 5.74) is 15.8. The second-order valence-electron chi connectivity index (χ2n) is 8.83. The molecule has 6 nitrogen and oxygen atoms in total. The van der Waals surface area contributed by atoms with E-state index in [1.165, 1.54) is 36.3 Å². The van der Waals surface area contributed by atoms with E-state index in [0.717, 1.165) is 46.8 Å². The number of aromatic nitrogens is 2. The van der Waals surface area contributed by atoms with Gasteiger partial charge in [-0.2, -0.15) is 0 Å². The lowest BCUT2D eigenvalue weighted by Gasteiger charge is -2.13. The molecule has 3 N–H and O–H groups in total. The molecule has 6 heteroatoms. The van der Waals surface area contributed by atoms with Crippen molar-refractivity contribution in [2.24, 2.45) is 0 Å². The number of terminal acetylenes is 1. The lowest BCUT2D eigenvalue weighted by Crippen LogP contribution is -2.07. The largest absolute Gasteiger partial charge is 0.450 e. The summed E-state index contributed by atoms with van der Waals surface area (Å²) < 4.78 is 6.37. The molecule has 1 heterocycles. The van der Waals surface area contributed by atoms with Crippen molar-refractivity contribution in [3.8, 4) is 12.5 Å². The number of benzene rings is 3. The van der Waals surface area contributed by atoms with E-state index in [0.29, 0.717) is 6.42 Å². The maximum Gasteiger partial charge on any atom is 0.221 e. The van der Waals surface area contributed by atoms with Crippen molar-refractivity contribution < 1.29 is 9.53 Å². The van der Waals surface area contributed by atoms with Gasteiger partial charge in [0.1, 0.15) is 11.9 Å². The monoisotopic (exact) mass is 478 g/mol. The molecule has 1 aromatic heterocycles. The van der Waals surface area contributed by atoms with Crippen molar-refractivity contribution in [2.75, 3.05) is 18.2 Å². The number of ether oxygens (including phenoxy) is 1. The van der Waals surface area contributed by atoms with Gasteiger partial charge in [-0.1, -0.05) is 48.4 Å². The molecule has 1 amide bonds. The molecule has 4 aromatic rings. The van der Waals surface area contributed by atoms with Gasteiger partial charge in [0, 0.05) is 31.3 Å². The van der Waals surface area contributed by atoms with Gasteiger partial charge in [0.05, 0.1) is 18.1 Å². The van der Waals surface area contributed by atoms with Crippen LogP contribution in [0.2, 0.25) is 0 Å². The van der Waals surface area contributed by atoms with Gasteiger partial charge in [0.2, 0.25) is 5.91 Å². The van der Waals surface area contributed by atoms with E-state index >= 15 is 0 Å². The van der Waals surface area contributed by atoms with E-state index in [4.69, 9.17) is 10.7 Å². The van der Waals surface area contributed by atoms with Crippen LogP contribution in [0.25, 0.3) is 16.6 Å². The standard InChI is InChI=1S/C27H26N4O.C3H4O/c1-17-3-6-20-7-8-21(24(20)13-17)16-31-26-12-11-23(29-18(2)32)15-25(26)30-27(31)14-19-4-9-22(28)10-5-19;1-3-4-2/h3-6,8-13,15H,7,14,16,28H2,1-2H3,(H,29,32);1H,2H3. The Morgan fingerprint density at radius 1 is 1.17 bits per heavy atom. The van der Waals surface area contributed by atoms with Crippen molar-refractivity contribution in [3.05, 3.63) is 94.8 Å². The van der Waals surface area contributed by atoms with Crippen LogP contribution >= 0.6 is 0 Å². The molecule has 5 rings (SSSR count). The number of nitrogens with one attached hydrogen (secondary N) is 1. The molecule has 0 spiro atoms. The summed E-state index contributed by atoms with van der Waals surface area (Å²) >= 11 is 0. The number of anilines is 2. The smallest absolute Gasteiger partial charge is 0.221 e. The number of aryl methyl sites for hydroxylation is 1. The zero-order chi connectivity index (χ0) is 25.7. The lowest BCUT2D eigenvalue weighted by molar-refractivity contribution is -0.114. The van der Waals surface area contributed by atoms with Crippen LogP contribution in [-0.2, 0) is 28.9 Å². The maximum absolute atomic E-state index is 11.5. The van der Waals surface area contributed by atoms with Crippen LogP contribution in [0.4, 0.5) is 11.4 Å². The summed E-state index contributed by atoms with van der Waals surface area (Å²) in [6.45, 7) is 4.41. The summed E-state index contributed by atoms with van der Waals surface area (Å²) in [5, 5.41) is 2.86. The number of carbonyl (C=O) groups is 1. The Labute approximate surface area is 211 Å². The number of hydrogen-bond donors (Lipinski definition) is 2. The molecule has 1 aliphatic carbocycles. The zero-order valence-electron chi connectivity index (χ0n) is 20.8. The predicted octanol–water partition coefficient (Wildman–Crippen LogP) is 5.34. The molecular weight excluding hydrogens is 448 g/mol. The molecule has 0 atom stereocenters. The molecule has 3 aromatic carbocycles. The lowest BCUT2D eigenvalue weighted by atomic mass is 10.0. The van der Waals surface area contributed by atoms with Crippen molar-refractivity contribution in [1.82, 2.24) is 9.55 Å². The number of carbonyl (C=O) groups excluding carboxylic acids is 1. The van der Waals surface area contributed by atoms with Crippen LogP contribution in [0.3, 0.4) is 0 Å². The Bertz CT molecular complexity index is 1470. The normalized spacial score (nSPS) is 11.7. The highest BCUT2D eigenvalue weighted by Gasteiger charge is 2.18. The minimum absolute atomic E-state index is 0.0889. The van der Waals surface area contributed by atoms with Gasteiger partial charge in [0.25, 0.3) is 0 Å². The van der Waals surface area contributed by atoms with Crippen LogP contribution in [0.5, 0.6) is 0 Å². The topological polar surface area (TPSA) is 82.2 Å². The maximum atomic E-state index is 11.5. The number of amides is 1. The van der Waals surface area contributed by atoms with E-state index in [-0.39, 0.29) is 5.91 Å². The first kappa shape index (κ1) is 24.6. The van der Waals surface area contributed by atoms with Gasteiger partial charge in [-0.3, -0.25) is 4.79 Å². The molecule has 0 aliphatic heterocycles. The number of nitrogens with two attached hydrogens (primary N) is 1. The SMILES string of the molecule is C#COC.CC(=O)Nc1ccc2c(c1)nc(Cc1ccc(N)cc1)n2CC1=CCc2ccc(C)cc21. The van der Waals surface area contributed by atoms with Crippen LogP contribution in [-0.4, -0.2) is 22.6 Å². The summed E-state index contributed by atoms with van der Waals surface area (Å²) in [5.74, 6) is 0.903. The molecule has 36 heavy (non-hydrogen) atoms. The summed E-state index contributed by atoms with van der Waals surface area (Å²) in [6, 6.07) is 20.6. The fraction of sp³-hybridized carbons (Fsp3) is 0.200.